The molecule has 1 aliphatic rings. The monoisotopic (exact) mass is 292 g/mol. The first-order chi connectivity index (χ1) is 10.2. The lowest BCUT2D eigenvalue weighted by Crippen LogP contribution is -2.42. The fourth-order valence-corrected chi connectivity index (χ4v) is 1.93. The minimum absolute atomic E-state index is 0.0521. The standard InChI is InChI=1S/C13H16N4O4/c18-13(10-16-5-7-21-8-6-16)15-14-9-11-3-1-2-4-12(11)17(19)20/h1-4,9H,5-8,10H2,(H,15,18)/b14-9+. The molecule has 0 unspecified atom stereocenters. The third-order valence-electron chi connectivity index (χ3n) is 3.00. The molecule has 0 bridgehead atoms. The van der Waals surface area contributed by atoms with Gasteiger partial charge in [0.15, 0.2) is 0 Å². The number of morpholine rings is 1. The van der Waals surface area contributed by atoms with Crippen LogP contribution in [0.2, 0.25) is 0 Å². The molecule has 1 aliphatic heterocycles. The molecule has 0 saturated carbocycles. The Bertz CT molecular complexity index is 541. The molecule has 1 saturated heterocycles. The van der Waals surface area contributed by atoms with Gasteiger partial charge in [-0.1, -0.05) is 12.1 Å². The first-order valence-electron chi connectivity index (χ1n) is 6.52. The van der Waals surface area contributed by atoms with E-state index in [1.165, 1.54) is 12.3 Å². The summed E-state index contributed by atoms with van der Waals surface area (Å²) in [4.78, 5) is 24.0. The van der Waals surface area contributed by atoms with Crippen molar-refractivity contribution in [3.8, 4) is 0 Å². The molecule has 0 atom stereocenters. The summed E-state index contributed by atoms with van der Waals surface area (Å²) in [6.07, 6.45) is 1.27. The van der Waals surface area contributed by atoms with Crippen molar-refractivity contribution in [2.75, 3.05) is 32.8 Å². The molecule has 21 heavy (non-hydrogen) atoms. The zero-order valence-electron chi connectivity index (χ0n) is 11.4. The van der Waals surface area contributed by atoms with Crippen molar-refractivity contribution in [2.24, 2.45) is 5.10 Å². The van der Waals surface area contributed by atoms with E-state index in [2.05, 4.69) is 10.5 Å². The van der Waals surface area contributed by atoms with Gasteiger partial charge in [0.1, 0.15) is 0 Å². The molecular weight excluding hydrogens is 276 g/mol. The smallest absolute Gasteiger partial charge is 0.278 e. The number of carbonyl (C=O) groups excluding carboxylic acids is 1. The second-order valence-corrected chi connectivity index (χ2v) is 4.50. The van der Waals surface area contributed by atoms with Crippen molar-refractivity contribution in [3.63, 3.8) is 0 Å². The Morgan fingerprint density at radius 3 is 2.86 bits per heavy atom. The van der Waals surface area contributed by atoms with Crippen LogP contribution in [-0.4, -0.2) is 54.8 Å². The van der Waals surface area contributed by atoms with Gasteiger partial charge in [0.2, 0.25) is 0 Å². The first-order valence-corrected chi connectivity index (χ1v) is 6.52. The van der Waals surface area contributed by atoms with Crippen LogP contribution in [-0.2, 0) is 9.53 Å². The normalized spacial score (nSPS) is 16.0. The molecule has 1 heterocycles. The van der Waals surface area contributed by atoms with Crippen molar-refractivity contribution in [2.45, 2.75) is 0 Å². The van der Waals surface area contributed by atoms with E-state index in [-0.39, 0.29) is 18.1 Å². The molecule has 1 fully saturated rings. The highest BCUT2D eigenvalue weighted by Crippen LogP contribution is 2.14. The number of rotatable bonds is 5. The molecular formula is C13H16N4O4. The van der Waals surface area contributed by atoms with Crippen molar-refractivity contribution in [1.29, 1.82) is 0 Å². The minimum atomic E-state index is -0.489. The summed E-state index contributed by atoms with van der Waals surface area (Å²) >= 11 is 0. The largest absolute Gasteiger partial charge is 0.379 e. The highest BCUT2D eigenvalue weighted by atomic mass is 16.6. The number of benzene rings is 1. The van der Waals surface area contributed by atoms with Crippen LogP contribution in [0.5, 0.6) is 0 Å². The van der Waals surface area contributed by atoms with Crippen molar-refractivity contribution in [3.05, 3.63) is 39.9 Å². The SMILES string of the molecule is O=C(CN1CCOCC1)N/N=C/c1ccccc1[N+](=O)[O-]. The van der Waals surface area contributed by atoms with Crippen LogP contribution >= 0.6 is 0 Å². The summed E-state index contributed by atoms with van der Waals surface area (Å²) in [5.74, 6) is -0.258. The first kappa shape index (κ1) is 15.1. The molecule has 2 rings (SSSR count). The summed E-state index contributed by atoms with van der Waals surface area (Å²) < 4.78 is 5.19. The van der Waals surface area contributed by atoms with Crippen LogP contribution in [0.15, 0.2) is 29.4 Å². The number of amides is 1. The van der Waals surface area contributed by atoms with Crippen LogP contribution in [0.4, 0.5) is 5.69 Å². The van der Waals surface area contributed by atoms with E-state index < -0.39 is 4.92 Å². The fraction of sp³-hybridized carbons (Fsp3) is 0.385. The summed E-state index contributed by atoms with van der Waals surface area (Å²) in [5.41, 5.74) is 2.66. The number of para-hydroxylation sites is 1. The molecule has 0 radical (unpaired) electrons. The molecule has 112 valence electrons. The molecule has 8 heteroatoms. The lowest BCUT2D eigenvalue weighted by molar-refractivity contribution is -0.385. The van der Waals surface area contributed by atoms with E-state index in [0.29, 0.717) is 31.9 Å². The lowest BCUT2D eigenvalue weighted by Gasteiger charge is -2.25. The van der Waals surface area contributed by atoms with Gasteiger partial charge in [-0.15, -0.1) is 0 Å². The number of carbonyl (C=O) groups is 1. The quantitative estimate of drug-likeness (QED) is 0.480. The van der Waals surface area contributed by atoms with E-state index in [1.54, 1.807) is 18.2 Å². The number of nitrogens with zero attached hydrogens (tertiary/aromatic N) is 3. The van der Waals surface area contributed by atoms with E-state index in [9.17, 15) is 14.9 Å². The average molecular weight is 292 g/mol. The van der Waals surface area contributed by atoms with Gasteiger partial charge in [0.05, 0.1) is 36.5 Å². The summed E-state index contributed by atoms with van der Waals surface area (Å²) in [6, 6.07) is 6.20. The predicted molar refractivity (Wildman–Crippen MR) is 76.1 cm³/mol. The van der Waals surface area contributed by atoms with Gasteiger partial charge >= 0.3 is 0 Å². The van der Waals surface area contributed by atoms with E-state index >= 15 is 0 Å². The van der Waals surface area contributed by atoms with Crippen LogP contribution < -0.4 is 5.43 Å². The molecule has 1 aromatic rings. The second kappa shape index (κ2) is 7.46. The van der Waals surface area contributed by atoms with Gasteiger partial charge in [-0.3, -0.25) is 19.8 Å². The third kappa shape index (κ3) is 4.62. The van der Waals surface area contributed by atoms with Gasteiger partial charge in [-0.25, -0.2) is 5.43 Å². The van der Waals surface area contributed by atoms with Crippen molar-refractivity contribution in [1.82, 2.24) is 10.3 Å². The Kier molecular flexibility index (Phi) is 5.35. The summed E-state index contributed by atoms with van der Waals surface area (Å²) in [6.45, 7) is 2.89. The topological polar surface area (TPSA) is 97.1 Å². The Morgan fingerprint density at radius 2 is 2.14 bits per heavy atom. The summed E-state index contributed by atoms with van der Waals surface area (Å²) in [7, 11) is 0. The molecule has 1 amide bonds. The molecule has 0 aromatic heterocycles. The number of hydrogen-bond acceptors (Lipinski definition) is 6. The maximum Gasteiger partial charge on any atom is 0.278 e. The van der Waals surface area contributed by atoms with Crippen LogP contribution in [0.25, 0.3) is 0 Å². The third-order valence-corrected chi connectivity index (χ3v) is 3.00. The Morgan fingerprint density at radius 1 is 1.43 bits per heavy atom. The highest BCUT2D eigenvalue weighted by molar-refractivity contribution is 5.86. The predicted octanol–water partition coefficient (Wildman–Crippen LogP) is 0.377. The van der Waals surface area contributed by atoms with Crippen LogP contribution in [0.1, 0.15) is 5.56 Å². The Balaban J connectivity index is 1.87. The van der Waals surface area contributed by atoms with Crippen molar-refractivity contribution >= 4 is 17.8 Å². The van der Waals surface area contributed by atoms with Crippen molar-refractivity contribution < 1.29 is 14.5 Å². The number of hydrazone groups is 1. The van der Waals surface area contributed by atoms with Gasteiger partial charge in [0, 0.05) is 19.2 Å². The number of nitrogens with one attached hydrogen (secondary N) is 1. The minimum Gasteiger partial charge on any atom is -0.379 e. The zero-order chi connectivity index (χ0) is 15.1. The van der Waals surface area contributed by atoms with Gasteiger partial charge in [-0.05, 0) is 6.07 Å². The van der Waals surface area contributed by atoms with Crippen LogP contribution in [0.3, 0.4) is 0 Å². The number of nitro benzene ring substituents is 1. The average Bonchev–Trinajstić information content (AvgIpc) is 2.48. The Hall–Kier alpha value is -2.32. The number of nitro groups is 1. The fourth-order valence-electron chi connectivity index (χ4n) is 1.93. The molecule has 1 N–H and O–H groups in total. The second-order valence-electron chi connectivity index (χ2n) is 4.50. The lowest BCUT2D eigenvalue weighted by atomic mass is 10.2. The van der Waals surface area contributed by atoms with E-state index in [4.69, 9.17) is 4.74 Å². The van der Waals surface area contributed by atoms with E-state index in [1.807, 2.05) is 4.90 Å². The molecule has 0 aliphatic carbocycles. The molecule has 8 nitrogen and oxygen atoms in total. The van der Waals surface area contributed by atoms with Gasteiger partial charge in [0.25, 0.3) is 11.6 Å². The number of hydrogen-bond donors (Lipinski definition) is 1. The van der Waals surface area contributed by atoms with Gasteiger partial charge < -0.3 is 4.74 Å². The van der Waals surface area contributed by atoms with Gasteiger partial charge in [-0.2, -0.15) is 5.10 Å². The highest BCUT2D eigenvalue weighted by Gasteiger charge is 2.14. The van der Waals surface area contributed by atoms with E-state index in [0.717, 1.165) is 0 Å². The zero-order valence-corrected chi connectivity index (χ0v) is 11.4. The molecule has 1 aromatic carbocycles. The summed E-state index contributed by atoms with van der Waals surface area (Å²) in [5, 5.41) is 14.6. The number of ether oxygens (including phenoxy) is 1. The maximum absolute atomic E-state index is 11.7. The maximum atomic E-state index is 11.7. The Labute approximate surface area is 121 Å². The molecule has 0 spiro atoms. The van der Waals surface area contributed by atoms with Crippen LogP contribution in [0, 0.1) is 10.1 Å².